The van der Waals surface area contributed by atoms with Gasteiger partial charge in [0.2, 0.25) is 7.37 Å². The Morgan fingerprint density at radius 1 is 1.00 bits per heavy atom. The van der Waals surface area contributed by atoms with Gasteiger partial charge in [-0.1, -0.05) is 72.9 Å². The van der Waals surface area contributed by atoms with Gasteiger partial charge in [-0.3, -0.25) is 4.57 Å². The van der Waals surface area contributed by atoms with Crippen LogP contribution in [0.15, 0.2) is 12.1 Å². The Balaban J connectivity index is 2.49. The molecule has 1 saturated carbocycles. The summed E-state index contributed by atoms with van der Waals surface area (Å²) in [6, 6.07) is 4.08. The van der Waals surface area contributed by atoms with Crippen LogP contribution in [0.4, 0.5) is 0 Å². The lowest BCUT2D eigenvalue weighted by Gasteiger charge is -2.31. The third-order valence-corrected chi connectivity index (χ3v) is 8.68. The molecule has 1 aromatic carbocycles. The molecule has 0 bridgehead atoms. The fourth-order valence-electron chi connectivity index (χ4n) is 4.00. The first-order chi connectivity index (χ1) is 11.9. The molecule has 3 nitrogen and oxygen atoms in total. The molecule has 0 amide bonds. The highest BCUT2D eigenvalue weighted by molar-refractivity contribution is 7.58. The predicted octanol–water partition coefficient (Wildman–Crippen LogP) is 6.74. The highest BCUT2D eigenvalue weighted by atomic mass is 31.2. The van der Waals surface area contributed by atoms with Crippen LogP contribution in [-0.4, -0.2) is 17.9 Å². The van der Waals surface area contributed by atoms with Crippen molar-refractivity contribution in [2.24, 2.45) is 0 Å². The number of rotatable bonds is 4. The van der Waals surface area contributed by atoms with E-state index in [4.69, 9.17) is 4.52 Å². The SMILES string of the molecule is COP(=O)(Cc1cc(C(C)(C)C)c(O)c(C(C)(C)C)c1)C1CCCCC1. The van der Waals surface area contributed by atoms with Crippen LogP contribution in [0.25, 0.3) is 0 Å². The van der Waals surface area contributed by atoms with Crippen molar-refractivity contribution in [1.82, 2.24) is 0 Å². The molecule has 1 N–H and O–H groups in total. The Bertz CT molecular complexity index is 639. The van der Waals surface area contributed by atoms with Gasteiger partial charge in [-0.05, 0) is 40.4 Å². The fourth-order valence-corrected chi connectivity index (χ4v) is 6.53. The average Bonchev–Trinajstić information content (AvgIpc) is 2.55. The smallest absolute Gasteiger partial charge is 0.210 e. The van der Waals surface area contributed by atoms with E-state index in [1.54, 1.807) is 7.11 Å². The Kier molecular flexibility index (Phi) is 6.35. The first kappa shape index (κ1) is 21.5. The first-order valence-corrected chi connectivity index (χ1v) is 11.8. The Morgan fingerprint density at radius 2 is 1.46 bits per heavy atom. The van der Waals surface area contributed by atoms with E-state index in [-0.39, 0.29) is 16.5 Å². The molecule has 0 aromatic heterocycles. The minimum absolute atomic E-state index is 0.172. The number of phenols is 1. The molecule has 4 heteroatoms. The summed E-state index contributed by atoms with van der Waals surface area (Å²) in [5.41, 5.74) is 2.68. The van der Waals surface area contributed by atoms with Crippen LogP contribution in [0.5, 0.6) is 5.75 Å². The molecule has 1 aliphatic rings. The topological polar surface area (TPSA) is 46.5 Å². The monoisotopic (exact) mass is 380 g/mol. The summed E-state index contributed by atoms with van der Waals surface area (Å²) >= 11 is 0. The van der Waals surface area contributed by atoms with Crippen LogP contribution in [-0.2, 0) is 26.1 Å². The highest BCUT2D eigenvalue weighted by Crippen LogP contribution is 2.59. The van der Waals surface area contributed by atoms with Gasteiger partial charge in [0.15, 0.2) is 0 Å². The summed E-state index contributed by atoms with van der Waals surface area (Å²) in [7, 11) is -1.14. The largest absolute Gasteiger partial charge is 0.507 e. The van der Waals surface area contributed by atoms with Crippen molar-refractivity contribution < 1.29 is 14.2 Å². The van der Waals surface area contributed by atoms with E-state index in [2.05, 4.69) is 41.5 Å². The zero-order chi connectivity index (χ0) is 19.8. The zero-order valence-electron chi connectivity index (χ0n) is 17.7. The lowest BCUT2D eigenvalue weighted by atomic mass is 9.78. The molecule has 1 fully saturated rings. The molecule has 2 rings (SSSR count). The molecular formula is C22H37O3P. The van der Waals surface area contributed by atoms with Gasteiger partial charge < -0.3 is 9.63 Å². The van der Waals surface area contributed by atoms with E-state index in [0.717, 1.165) is 42.4 Å². The number of phenolic OH excluding ortho intramolecular Hbond substituents is 1. The molecule has 0 spiro atoms. The van der Waals surface area contributed by atoms with Crippen molar-refractivity contribution in [2.45, 2.75) is 96.3 Å². The van der Waals surface area contributed by atoms with Crippen LogP contribution in [0.3, 0.4) is 0 Å². The second-order valence-electron chi connectivity index (χ2n) is 9.90. The van der Waals surface area contributed by atoms with Crippen molar-refractivity contribution in [3.05, 3.63) is 28.8 Å². The van der Waals surface area contributed by atoms with Crippen LogP contribution in [0, 0.1) is 0 Å². The van der Waals surface area contributed by atoms with Crippen LogP contribution in [0.1, 0.15) is 90.3 Å². The molecule has 1 unspecified atom stereocenters. The number of benzene rings is 1. The van der Waals surface area contributed by atoms with Crippen LogP contribution >= 0.6 is 7.37 Å². The summed E-state index contributed by atoms with van der Waals surface area (Å²) in [6.45, 7) is 12.6. The minimum Gasteiger partial charge on any atom is -0.507 e. The van der Waals surface area contributed by atoms with Gasteiger partial charge in [0.1, 0.15) is 5.75 Å². The second kappa shape index (κ2) is 7.68. The first-order valence-electron chi connectivity index (χ1n) is 9.90. The summed E-state index contributed by atoms with van der Waals surface area (Å²) < 4.78 is 19.3. The minimum atomic E-state index is -2.74. The predicted molar refractivity (Wildman–Crippen MR) is 111 cm³/mol. The molecule has 1 aromatic rings. The van der Waals surface area contributed by atoms with Gasteiger partial charge in [0.05, 0.1) is 6.16 Å². The van der Waals surface area contributed by atoms with E-state index < -0.39 is 7.37 Å². The molecule has 0 radical (unpaired) electrons. The Morgan fingerprint density at radius 3 is 1.85 bits per heavy atom. The molecule has 1 atom stereocenters. The fraction of sp³-hybridized carbons (Fsp3) is 0.727. The molecule has 0 heterocycles. The number of aromatic hydroxyl groups is 1. The van der Waals surface area contributed by atoms with Crippen molar-refractivity contribution in [2.75, 3.05) is 7.11 Å². The van der Waals surface area contributed by atoms with Crippen LogP contribution < -0.4 is 0 Å². The van der Waals surface area contributed by atoms with Gasteiger partial charge in [-0.15, -0.1) is 0 Å². The third kappa shape index (κ3) is 4.73. The highest BCUT2D eigenvalue weighted by Gasteiger charge is 2.35. The van der Waals surface area contributed by atoms with Crippen molar-refractivity contribution in [3.63, 3.8) is 0 Å². The summed E-state index contributed by atoms with van der Waals surface area (Å²) in [6.07, 6.45) is 5.99. The zero-order valence-corrected chi connectivity index (χ0v) is 18.6. The maximum Gasteiger partial charge on any atom is 0.210 e. The maximum absolute atomic E-state index is 13.6. The molecule has 0 aliphatic heterocycles. The Labute approximate surface area is 160 Å². The van der Waals surface area contributed by atoms with E-state index >= 15 is 0 Å². The molecular weight excluding hydrogens is 343 g/mol. The summed E-state index contributed by atoms with van der Waals surface area (Å²) in [5, 5.41) is 10.9. The second-order valence-corrected chi connectivity index (χ2v) is 12.8. The standard InChI is InChI=1S/C22H37O3P/c1-21(2,3)18-13-16(14-19(20(18)23)22(4,5)6)15-26(24,25-7)17-11-9-8-10-12-17/h13-14,17,23H,8-12,15H2,1-7H3. The van der Waals surface area contributed by atoms with Crippen molar-refractivity contribution in [1.29, 1.82) is 0 Å². The van der Waals surface area contributed by atoms with Gasteiger partial charge in [-0.25, -0.2) is 0 Å². The maximum atomic E-state index is 13.6. The lowest BCUT2D eigenvalue weighted by Crippen LogP contribution is -2.19. The van der Waals surface area contributed by atoms with Gasteiger partial charge >= 0.3 is 0 Å². The van der Waals surface area contributed by atoms with Gasteiger partial charge in [0, 0.05) is 12.8 Å². The van der Waals surface area contributed by atoms with Crippen molar-refractivity contribution >= 4 is 7.37 Å². The van der Waals surface area contributed by atoms with Crippen LogP contribution in [0.2, 0.25) is 0 Å². The normalized spacial score (nSPS) is 19.3. The van der Waals surface area contributed by atoms with E-state index in [9.17, 15) is 9.67 Å². The van der Waals surface area contributed by atoms with Crippen molar-refractivity contribution in [3.8, 4) is 5.75 Å². The van der Waals surface area contributed by atoms with E-state index in [1.165, 1.54) is 6.42 Å². The van der Waals surface area contributed by atoms with E-state index in [1.807, 2.05) is 12.1 Å². The Hall–Kier alpha value is -0.790. The lowest BCUT2D eigenvalue weighted by molar-refractivity contribution is 0.362. The number of hydrogen-bond donors (Lipinski definition) is 1. The summed E-state index contributed by atoms with van der Waals surface area (Å²) in [4.78, 5) is 0. The molecule has 26 heavy (non-hydrogen) atoms. The average molecular weight is 381 g/mol. The number of hydrogen-bond acceptors (Lipinski definition) is 3. The third-order valence-electron chi connectivity index (χ3n) is 5.63. The molecule has 1 aliphatic carbocycles. The quantitative estimate of drug-likeness (QED) is 0.588. The summed E-state index contributed by atoms with van der Waals surface area (Å²) in [5.74, 6) is 0.374. The van der Waals surface area contributed by atoms with Gasteiger partial charge in [-0.2, -0.15) is 0 Å². The molecule has 0 saturated heterocycles. The van der Waals surface area contributed by atoms with E-state index in [0.29, 0.717) is 11.9 Å². The van der Waals surface area contributed by atoms with Gasteiger partial charge in [0.25, 0.3) is 0 Å². The molecule has 148 valence electrons.